The van der Waals surface area contributed by atoms with Crippen molar-refractivity contribution in [2.75, 3.05) is 64.0 Å². The van der Waals surface area contributed by atoms with E-state index in [9.17, 15) is 8.42 Å². The Morgan fingerprint density at radius 3 is 2.62 bits per heavy atom. The molecule has 3 fully saturated rings. The Balaban J connectivity index is 1.54. The molecule has 1 N–H and O–H groups in total. The molecule has 3 heterocycles. The molecular formula is C18H34N4O3S. The van der Waals surface area contributed by atoms with Gasteiger partial charge in [0.25, 0.3) is 0 Å². The molecule has 0 aromatic carbocycles. The van der Waals surface area contributed by atoms with Gasteiger partial charge in [0, 0.05) is 45.3 Å². The molecule has 3 aliphatic rings. The van der Waals surface area contributed by atoms with Crippen LogP contribution >= 0.6 is 0 Å². The first-order chi connectivity index (χ1) is 12.4. The summed E-state index contributed by atoms with van der Waals surface area (Å²) in [5.41, 5.74) is 0. The second kappa shape index (κ2) is 8.89. The number of likely N-dealkylation sites (tertiary alicyclic amines) is 1. The molecule has 0 spiro atoms. The summed E-state index contributed by atoms with van der Waals surface area (Å²) in [7, 11) is -2.83. The van der Waals surface area contributed by atoms with Crippen molar-refractivity contribution in [2.24, 2.45) is 16.8 Å². The zero-order valence-corrected chi connectivity index (χ0v) is 17.0. The average molecular weight is 387 g/mol. The van der Waals surface area contributed by atoms with Crippen molar-refractivity contribution in [1.29, 1.82) is 0 Å². The van der Waals surface area contributed by atoms with Crippen LogP contribution in [0.1, 0.15) is 26.7 Å². The fourth-order valence-electron chi connectivity index (χ4n) is 4.05. The van der Waals surface area contributed by atoms with Crippen molar-refractivity contribution in [2.45, 2.75) is 32.7 Å². The molecule has 0 saturated carbocycles. The third-order valence-electron chi connectivity index (χ3n) is 5.45. The van der Waals surface area contributed by atoms with Crippen LogP contribution in [-0.4, -0.2) is 94.2 Å². The number of morpholine rings is 1. The molecular weight excluding hydrogens is 352 g/mol. The zero-order chi connectivity index (χ0) is 18.6. The van der Waals surface area contributed by atoms with Crippen molar-refractivity contribution in [3.05, 3.63) is 0 Å². The molecule has 3 aliphatic heterocycles. The molecule has 0 amide bonds. The van der Waals surface area contributed by atoms with Crippen LogP contribution in [0.3, 0.4) is 0 Å². The third-order valence-corrected chi connectivity index (χ3v) is 7.29. The van der Waals surface area contributed by atoms with Gasteiger partial charge in [-0.1, -0.05) is 0 Å². The summed E-state index contributed by atoms with van der Waals surface area (Å²) in [6.45, 7) is 11.8. The van der Waals surface area contributed by atoms with Gasteiger partial charge >= 0.3 is 0 Å². The molecule has 150 valence electrons. The van der Waals surface area contributed by atoms with Gasteiger partial charge in [0.1, 0.15) is 0 Å². The molecule has 0 radical (unpaired) electrons. The second-order valence-electron chi connectivity index (χ2n) is 8.25. The first kappa shape index (κ1) is 19.9. The molecule has 8 heteroatoms. The summed E-state index contributed by atoms with van der Waals surface area (Å²) in [5.74, 6) is 2.42. The number of sulfone groups is 1. The smallest absolute Gasteiger partial charge is 0.194 e. The SMILES string of the molecule is CC(C)NC(=NCC1CCS(=O)(=O)C1)N1CCC(CN2CCOCC2)C1. The normalized spacial score (nSPS) is 30.3. The molecule has 7 nitrogen and oxygen atoms in total. The Kier molecular flexibility index (Phi) is 6.80. The van der Waals surface area contributed by atoms with E-state index in [4.69, 9.17) is 9.73 Å². The first-order valence-electron chi connectivity index (χ1n) is 9.98. The van der Waals surface area contributed by atoms with E-state index in [2.05, 4.69) is 29.0 Å². The van der Waals surface area contributed by atoms with Crippen LogP contribution in [0.15, 0.2) is 4.99 Å². The van der Waals surface area contributed by atoms with E-state index in [1.807, 2.05) is 0 Å². The van der Waals surface area contributed by atoms with Gasteiger partial charge in [0.15, 0.2) is 15.8 Å². The van der Waals surface area contributed by atoms with Gasteiger partial charge < -0.3 is 15.0 Å². The summed E-state index contributed by atoms with van der Waals surface area (Å²) in [6, 6.07) is 0.319. The number of rotatable bonds is 5. The first-order valence-corrected chi connectivity index (χ1v) is 11.8. The standard InChI is InChI=1S/C18H34N4O3S/c1-15(2)20-18(19-11-16-4-10-26(23,24)14-16)22-5-3-17(13-22)12-21-6-8-25-9-7-21/h15-17H,3-14H2,1-2H3,(H,19,20). The summed E-state index contributed by atoms with van der Waals surface area (Å²) in [5, 5.41) is 3.48. The van der Waals surface area contributed by atoms with Gasteiger partial charge in [-0.3, -0.25) is 9.89 Å². The highest BCUT2D eigenvalue weighted by atomic mass is 32.2. The number of aliphatic imine (C=N–C) groups is 1. The van der Waals surface area contributed by atoms with Gasteiger partial charge in [-0.05, 0) is 38.5 Å². The van der Waals surface area contributed by atoms with Crippen LogP contribution in [0.25, 0.3) is 0 Å². The maximum Gasteiger partial charge on any atom is 0.194 e. The monoisotopic (exact) mass is 386 g/mol. The van der Waals surface area contributed by atoms with Gasteiger partial charge in [-0.25, -0.2) is 8.42 Å². The van der Waals surface area contributed by atoms with Crippen LogP contribution in [0.4, 0.5) is 0 Å². The van der Waals surface area contributed by atoms with E-state index in [0.717, 1.165) is 58.3 Å². The van der Waals surface area contributed by atoms with Crippen LogP contribution in [0.2, 0.25) is 0 Å². The lowest BCUT2D eigenvalue weighted by Gasteiger charge is -2.29. The number of ether oxygens (including phenoxy) is 1. The maximum absolute atomic E-state index is 11.7. The minimum atomic E-state index is -2.83. The van der Waals surface area contributed by atoms with Crippen LogP contribution in [0.5, 0.6) is 0 Å². The van der Waals surface area contributed by atoms with Crippen molar-refractivity contribution in [3.63, 3.8) is 0 Å². The van der Waals surface area contributed by atoms with Crippen molar-refractivity contribution in [1.82, 2.24) is 15.1 Å². The number of guanidine groups is 1. The summed E-state index contributed by atoms with van der Waals surface area (Å²) in [4.78, 5) is 9.67. The van der Waals surface area contributed by atoms with Gasteiger partial charge in [0.2, 0.25) is 0 Å². The number of hydrogen-bond acceptors (Lipinski definition) is 5. The minimum absolute atomic E-state index is 0.177. The van der Waals surface area contributed by atoms with Crippen LogP contribution in [-0.2, 0) is 14.6 Å². The van der Waals surface area contributed by atoms with Crippen molar-refractivity contribution in [3.8, 4) is 0 Å². The topological polar surface area (TPSA) is 74.2 Å². The number of nitrogens with one attached hydrogen (secondary N) is 1. The highest BCUT2D eigenvalue weighted by Crippen LogP contribution is 2.21. The summed E-state index contributed by atoms with van der Waals surface area (Å²) < 4.78 is 28.8. The van der Waals surface area contributed by atoms with Crippen molar-refractivity contribution >= 4 is 15.8 Å². The molecule has 26 heavy (non-hydrogen) atoms. The number of nitrogens with zero attached hydrogens (tertiary/aromatic N) is 3. The maximum atomic E-state index is 11.7. The molecule has 0 aromatic heterocycles. The van der Waals surface area contributed by atoms with E-state index >= 15 is 0 Å². The van der Waals surface area contributed by atoms with Crippen molar-refractivity contribution < 1.29 is 13.2 Å². The molecule has 3 saturated heterocycles. The molecule has 0 bridgehead atoms. The van der Waals surface area contributed by atoms with E-state index in [-0.39, 0.29) is 5.92 Å². The lowest BCUT2D eigenvalue weighted by atomic mass is 10.1. The Morgan fingerprint density at radius 1 is 1.19 bits per heavy atom. The van der Waals surface area contributed by atoms with E-state index in [0.29, 0.717) is 30.0 Å². The average Bonchev–Trinajstić information content (AvgIpc) is 3.18. The largest absolute Gasteiger partial charge is 0.379 e. The lowest BCUT2D eigenvalue weighted by molar-refractivity contribution is 0.0315. The van der Waals surface area contributed by atoms with Gasteiger partial charge in [-0.2, -0.15) is 0 Å². The summed E-state index contributed by atoms with van der Waals surface area (Å²) in [6.07, 6.45) is 1.94. The van der Waals surface area contributed by atoms with Crippen LogP contribution in [0, 0.1) is 11.8 Å². The predicted octanol–water partition coefficient (Wildman–Crippen LogP) is 0.429. The molecule has 0 aromatic rings. The highest BCUT2D eigenvalue weighted by Gasteiger charge is 2.30. The van der Waals surface area contributed by atoms with Gasteiger partial charge in [0.05, 0.1) is 24.7 Å². The Labute approximate surface area is 158 Å². The molecule has 3 rings (SSSR count). The van der Waals surface area contributed by atoms with E-state index in [1.165, 1.54) is 6.42 Å². The zero-order valence-electron chi connectivity index (χ0n) is 16.2. The quantitative estimate of drug-likeness (QED) is 0.546. The fraction of sp³-hybridized carbons (Fsp3) is 0.944. The molecule has 2 atom stereocenters. The Bertz CT molecular complexity index is 587. The highest BCUT2D eigenvalue weighted by molar-refractivity contribution is 7.91. The lowest BCUT2D eigenvalue weighted by Crippen LogP contribution is -2.44. The third kappa shape index (κ3) is 5.82. The fourth-order valence-corrected chi connectivity index (χ4v) is 5.90. The van der Waals surface area contributed by atoms with E-state index < -0.39 is 9.84 Å². The number of hydrogen-bond donors (Lipinski definition) is 1. The molecule has 0 aliphatic carbocycles. The van der Waals surface area contributed by atoms with Crippen LogP contribution < -0.4 is 5.32 Å². The van der Waals surface area contributed by atoms with E-state index in [1.54, 1.807) is 0 Å². The molecule has 2 unspecified atom stereocenters. The predicted molar refractivity (Wildman–Crippen MR) is 104 cm³/mol. The van der Waals surface area contributed by atoms with Gasteiger partial charge in [-0.15, -0.1) is 0 Å². The Morgan fingerprint density at radius 2 is 1.96 bits per heavy atom. The summed E-state index contributed by atoms with van der Waals surface area (Å²) >= 11 is 0. The Hall–Kier alpha value is -0.860. The second-order valence-corrected chi connectivity index (χ2v) is 10.5. The minimum Gasteiger partial charge on any atom is -0.379 e.